The quantitative estimate of drug-likeness (QED) is 0.866. The number of hydrogen-bond acceptors (Lipinski definition) is 5. The van der Waals surface area contributed by atoms with Crippen LogP contribution < -0.4 is 5.32 Å². The van der Waals surface area contributed by atoms with Gasteiger partial charge in [-0.15, -0.1) is 22.7 Å². The molecule has 7 heteroatoms. The van der Waals surface area contributed by atoms with E-state index in [1.807, 2.05) is 6.07 Å². The Morgan fingerprint density at radius 3 is 2.76 bits per heavy atom. The Balaban J connectivity index is 1.84. The van der Waals surface area contributed by atoms with Crippen molar-refractivity contribution in [3.63, 3.8) is 0 Å². The first-order valence-corrected chi connectivity index (χ1v) is 9.49. The fourth-order valence-electron chi connectivity index (χ4n) is 2.66. The van der Waals surface area contributed by atoms with Gasteiger partial charge >= 0.3 is 0 Å². The van der Waals surface area contributed by atoms with Gasteiger partial charge in [-0.3, -0.25) is 4.90 Å². The van der Waals surface area contributed by atoms with Crippen LogP contribution in [0.3, 0.4) is 0 Å². The Bertz CT molecular complexity index is 605. The van der Waals surface area contributed by atoms with Gasteiger partial charge < -0.3 is 5.32 Å². The highest BCUT2D eigenvalue weighted by Gasteiger charge is 2.24. The Kier molecular flexibility index (Phi) is 5.19. The van der Waals surface area contributed by atoms with Crippen LogP contribution >= 0.6 is 45.9 Å². The lowest BCUT2D eigenvalue weighted by atomic mass is 10.1. The molecule has 2 aromatic rings. The van der Waals surface area contributed by atoms with Crippen molar-refractivity contribution >= 4 is 45.9 Å². The highest BCUT2D eigenvalue weighted by Crippen LogP contribution is 2.39. The fraction of sp³-hybridized carbons (Fsp3) is 0.500. The average Bonchev–Trinajstić information content (AvgIpc) is 3.08. The molecule has 1 aliphatic rings. The van der Waals surface area contributed by atoms with Crippen molar-refractivity contribution in [2.75, 3.05) is 26.2 Å². The molecular weight excluding hydrogens is 345 g/mol. The van der Waals surface area contributed by atoms with E-state index in [2.05, 4.69) is 22.5 Å². The molecule has 1 fully saturated rings. The predicted molar refractivity (Wildman–Crippen MR) is 92.9 cm³/mol. The van der Waals surface area contributed by atoms with Crippen LogP contribution in [0.15, 0.2) is 11.4 Å². The summed E-state index contributed by atoms with van der Waals surface area (Å²) < 4.78 is 1.42. The van der Waals surface area contributed by atoms with Gasteiger partial charge in [-0.05, 0) is 12.5 Å². The minimum absolute atomic E-state index is 0.402. The third-order valence-electron chi connectivity index (χ3n) is 3.72. The topological polar surface area (TPSA) is 28.2 Å². The van der Waals surface area contributed by atoms with Crippen molar-refractivity contribution in [2.45, 2.75) is 19.4 Å². The zero-order valence-electron chi connectivity index (χ0n) is 11.7. The molecule has 3 rings (SSSR count). The summed E-state index contributed by atoms with van der Waals surface area (Å²) in [5.41, 5.74) is 1.89. The Labute approximate surface area is 142 Å². The molecular formula is C14H17Cl2N3S2. The monoisotopic (exact) mass is 361 g/mol. The molecule has 114 valence electrons. The van der Waals surface area contributed by atoms with Crippen molar-refractivity contribution in [1.29, 1.82) is 0 Å². The van der Waals surface area contributed by atoms with Crippen molar-refractivity contribution in [2.24, 2.45) is 0 Å². The SMILES string of the molecule is CCC(c1nc(-c2cc(Cl)sc2Cl)cs1)N1CCNCC1. The van der Waals surface area contributed by atoms with E-state index in [1.165, 1.54) is 16.3 Å². The second-order valence-corrected chi connectivity index (χ2v) is 8.19. The third-order valence-corrected chi connectivity index (χ3v) is 6.15. The van der Waals surface area contributed by atoms with Crippen LogP contribution in [-0.2, 0) is 0 Å². The van der Waals surface area contributed by atoms with E-state index >= 15 is 0 Å². The Morgan fingerprint density at radius 1 is 1.38 bits per heavy atom. The first-order chi connectivity index (χ1) is 10.2. The molecule has 0 saturated carbocycles. The fourth-order valence-corrected chi connectivity index (χ4v) is 5.18. The lowest BCUT2D eigenvalue weighted by molar-refractivity contribution is 0.169. The van der Waals surface area contributed by atoms with Crippen LogP contribution in [0.4, 0.5) is 0 Å². The number of thiazole rings is 1. The maximum absolute atomic E-state index is 6.23. The molecule has 1 saturated heterocycles. The van der Waals surface area contributed by atoms with Crippen molar-refractivity contribution in [3.05, 3.63) is 25.1 Å². The summed E-state index contributed by atoms with van der Waals surface area (Å²) in [6, 6.07) is 2.30. The molecule has 2 aromatic heterocycles. The van der Waals surface area contributed by atoms with Gasteiger partial charge in [-0.2, -0.15) is 0 Å². The molecule has 0 aliphatic carbocycles. The number of halogens is 2. The van der Waals surface area contributed by atoms with Crippen LogP contribution in [0.5, 0.6) is 0 Å². The molecule has 0 radical (unpaired) electrons. The standard InChI is InChI=1S/C14H17Cl2N3S2/c1-2-11(19-5-3-17-4-6-19)14-18-10(8-20-14)9-7-12(15)21-13(9)16/h7-8,11,17H,2-6H2,1H3. The van der Waals surface area contributed by atoms with Crippen LogP contribution in [0.1, 0.15) is 24.4 Å². The van der Waals surface area contributed by atoms with Gasteiger partial charge in [0.2, 0.25) is 0 Å². The third kappa shape index (κ3) is 3.44. The van der Waals surface area contributed by atoms with Crippen LogP contribution in [-0.4, -0.2) is 36.1 Å². The number of hydrogen-bond donors (Lipinski definition) is 1. The molecule has 1 N–H and O–H groups in total. The van der Waals surface area contributed by atoms with Gasteiger partial charge in [0, 0.05) is 37.1 Å². The molecule has 0 amide bonds. The van der Waals surface area contributed by atoms with E-state index in [9.17, 15) is 0 Å². The molecule has 21 heavy (non-hydrogen) atoms. The molecule has 1 atom stereocenters. The summed E-state index contributed by atoms with van der Waals surface area (Å²) in [5, 5.41) is 6.66. The minimum Gasteiger partial charge on any atom is -0.314 e. The number of piperazine rings is 1. The van der Waals surface area contributed by atoms with E-state index in [1.54, 1.807) is 11.3 Å². The van der Waals surface area contributed by atoms with Gasteiger partial charge in [0.05, 0.1) is 16.1 Å². The summed E-state index contributed by atoms with van der Waals surface area (Å²) in [6.07, 6.45) is 1.07. The summed E-state index contributed by atoms with van der Waals surface area (Å²) >= 11 is 15.4. The van der Waals surface area contributed by atoms with E-state index in [0.717, 1.165) is 43.9 Å². The van der Waals surface area contributed by atoms with Gasteiger partial charge in [0.25, 0.3) is 0 Å². The van der Waals surface area contributed by atoms with Crippen molar-refractivity contribution < 1.29 is 0 Å². The van der Waals surface area contributed by atoms with E-state index < -0.39 is 0 Å². The first-order valence-electron chi connectivity index (χ1n) is 7.04. The normalized spacial score (nSPS) is 18.0. The summed E-state index contributed by atoms with van der Waals surface area (Å²) in [4.78, 5) is 7.34. The van der Waals surface area contributed by atoms with E-state index in [0.29, 0.717) is 14.7 Å². The first kappa shape index (κ1) is 15.7. The molecule has 0 aromatic carbocycles. The second kappa shape index (κ2) is 6.94. The number of rotatable bonds is 4. The van der Waals surface area contributed by atoms with Crippen LogP contribution in [0.2, 0.25) is 8.67 Å². The predicted octanol–water partition coefficient (Wildman–Crippen LogP) is 4.53. The van der Waals surface area contributed by atoms with Gasteiger partial charge in [-0.1, -0.05) is 30.1 Å². The lowest BCUT2D eigenvalue weighted by Gasteiger charge is -2.33. The highest BCUT2D eigenvalue weighted by atomic mass is 35.5. The van der Waals surface area contributed by atoms with Crippen LogP contribution in [0, 0.1) is 0 Å². The maximum atomic E-state index is 6.23. The minimum atomic E-state index is 0.402. The van der Waals surface area contributed by atoms with E-state index in [-0.39, 0.29) is 0 Å². The number of nitrogens with zero attached hydrogens (tertiary/aromatic N) is 2. The van der Waals surface area contributed by atoms with E-state index in [4.69, 9.17) is 28.2 Å². The number of nitrogens with one attached hydrogen (secondary N) is 1. The average molecular weight is 362 g/mol. The summed E-state index contributed by atoms with van der Waals surface area (Å²) in [5.74, 6) is 0. The van der Waals surface area contributed by atoms with Gasteiger partial charge in [0.1, 0.15) is 9.34 Å². The summed E-state index contributed by atoms with van der Waals surface area (Å²) in [7, 11) is 0. The maximum Gasteiger partial charge on any atom is 0.110 e. The molecule has 0 bridgehead atoms. The number of thiophene rings is 1. The zero-order chi connectivity index (χ0) is 14.8. The molecule has 1 aliphatic heterocycles. The van der Waals surface area contributed by atoms with Crippen molar-refractivity contribution in [3.8, 4) is 11.3 Å². The van der Waals surface area contributed by atoms with Crippen LogP contribution in [0.25, 0.3) is 11.3 Å². The van der Waals surface area contributed by atoms with Gasteiger partial charge in [0.15, 0.2) is 0 Å². The van der Waals surface area contributed by atoms with Gasteiger partial charge in [-0.25, -0.2) is 4.98 Å². The largest absolute Gasteiger partial charge is 0.314 e. The Hall–Kier alpha value is -0.170. The smallest absolute Gasteiger partial charge is 0.110 e. The molecule has 0 spiro atoms. The summed E-state index contributed by atoms with van der Waals surface area (Å²) in [6.45, 7) is 6.50. The zero-order valence-corrected chi connectivity index (χ0v) is 14.9. The Morgan fingerprint density at radius 2 is 2.14 bits per heavy atom. The highest BCUT2D eigenvalue weighted by molar-refractivity contribution is 7.20. The number of aromatic nitrogens is 1. The second-order valence-electron chi connectivity index (χ2n) is 5.02. The molecule has 1 unspecified atom stereocenters. The molecule has 3 heterocycles. The molecule has 3 nitrogen and oxygen atoms in total. The van der Waals surface area contributed by atoms with Crippen molar-refractivity contribution in [1.82, 2.24) is 15.2 Å². The lowest BCUT2D eigenvalue weighted by Crippen LogP contribution is -2.45.